The van der Waals surface area contributed by atoms with Crippen LogP contribution in [-0.2, 0) is 13.0 Å². The molecule has 2 aromatic rings. The van der Waals surface area contributed by atoms with Gasteiger partial charge in [0.05, 0.1) is 7.11 Å². The number of hydrogen-bond acceptors (Lipinski definition) is 3. The van der Waals surface area contributed by atoms with E-state index in [-0.39, 0.29) is 0 Å². The molecule has 0 bridgehead atoms. The molecule has 116 valence electrons. The van der Waals surface area contributed by atoms with E-state index in [2.05, 4.69) is 51.2 Å². The minimum absolute atomic E-state index is 0.665. The predicted molar refractivity (Wildman–Crippen MR) is 93.5 cm³/mol. The summed E-state index contributed by atoms with van der Waals surface area (Å²) in [6.45, 7) is 11.1. The van der Waals surface area contributed by atoms with Crippen molar-refractivity contribution in [1.82, 2.24) is 5.32 Å². The third-order valence-corrected chi connectivity index (χ3v) is 4.75. The Morgan fingerprint density at radius 3 is 2.52 bits per heavy atom. The van der Waals surface area contributed by atoms with E-state index in [0.29, 0.717) is 11.8 Å². The van der Waals surface area contributed by atoms with Crippen molar-refractivity contribution in [1.29, 1.82) is 0 Å². The molecule has 2 nitrogen and oxygen atoms in total. The van der Waals surface area contributed by atoms with E-state index in [1.165, 1.54) is 20.5 Å². The van der Waals surface area contributed by atoms with E-state index in [4.69, 9.17) is 4.74 Å². The zero-order chi connectivity index (χ0) is 15.4. The highest BCUT2D eigenvalue weighted by atomic mass is 32.1. The summed E-state index contributed by atoms with van der Waals surface area (Å²) in [6, 6.07) is 6.44. The van der Waals surface area contributed by atoms with Crippen LogP contribution < -0.4 is 10.1 Å². The fourth-order valence-corrected chi connectivity index (χ4v) is 3.74. The fourth-order valence-electron chi connectivity index (χ4n) is 2.55. The van der Waals surface area contributed by atoms with E-state index in [1.807, 2.05) is 11.3 Å². The first-order valence-electron chi connectivity index (χ1n) is 7.80. The number of ether oxygens (including phenoxy) is 1. The topological polar surface area (TPSA) is 21.3 Å². The summed E-state index contributed by atoms with van der Waals surface area (Å²) in [4.78, 5) is 1.48. The van der Waals surface area contributed by atoms with Gasteiger partial charge in [-0.3, -0.25) is 0 Å². The number of fused-ring (bicyclic) bond motifs is 1. The van der Waals surface area contributed by atoms with E-state index >= 15 is 0 Å². The monoisotopic (exact) mass is 305 g/mol. The van der Waals surface area contributed by atoms with Gasteiger partial charge >= 0.3 is 0 Å². The van der Waals surface area contributed by atoms with Crippen molar-refractivity contribution < 1.29 is 4.74 Å². The van der Waals surface area contributed by atoms with Crippen LogP contribution >= 0.6 is 11.3 Å². The van der Waals surface area contributed by atoms with Gasteiger partial charge in [0.15, 0.2) is 0 Å². The predicted octanol–water partition coefficient (Wildman–Crippen LogP) is 4.85. The van der Waals surface area contributed by atoms with E-state index in [0.717, 1.165) is 25.3 Å². The second-order valence-electron chi connectivity index (χ2n) is 6.49. The fraction of sp³-hybridized carbons (Fsp3) is 0.556. The first kappa shape index (κ1) is 16.3. The van der Waals surface area contributed by atoms with Crippen molar-refractivity contribution >= 4 is 21.4 Å². The molecule has 1 aromatic carbocycles. The zero-order valence-electron chi connectivity index (χ0n) is 13.8. The summed E-state index contributed by atoms with van der Waals surface area (Å²) in [5.41, 5.74) is 1.50. The van der Waals surface area contributed by atoms with Gasteiger partial charge in [0.1, 0.15) is 5.75 Å². The second kappa shape index (κ2) is 7.28. The molecule has 0 saturated heterocycles. The van der Waals surface area contributed by atoms with Crippen molar-refractivity contribution in [2.45, 2.75) is 40.7 Å². The van der Waals surface area contributed by atoms with Crippen molar-refractivity contribution in [3.8, 4) is 5.75 Å². The van der Waals surface area contributed by atoms with Gasteiger partial charge in [0, 0.05) is 16.1 Å². The Balaban J connectivity index is 2.33. The lowest BCUT2D eigenvalue weighted by Gasteiger charge is -2.10. The van der Waals surface area contributed by atoms with Gasteiger partial charge in [-0.05, 0) is 54.0 Å². The highest BCUT2D eigenvalue weighted by Crippen LogP contribution is 2.35. The number of nitrogens with one attached hydrogen (secondary N) is 1. The number of thiophene rings is 1. The first-order chi connectivity index (χ1) is 10.0. The Kier molecular flexibility index (Phi) is 5.65. The molecule has 0 radical (unpaired) electrons. The third-order valence-electron chi connectivity index (χ3n) is 3.53. The Bertz CT molecular complexity index is 586. The van der Waals surface area contributed by atoms with Crippen molar-refractivity contribution in [3.05, 3.63) is 28.6 Å². The Hall–Kier alpha value is -1.06. The highest BCUT2D eigenvalue weighted by molar-refractivity contribution is 7.19. The van der Waals surface area contributed by atoms with Crippen LogP contribution in [0.5, 0.6) is 5.75 Å². The van der Waals surface area contributed by atoms with Crippen molar-refractivity contribution in [2.24, 2.45) is 11.8 Å². The summed E-state index contributed by atoms with van der Waals surface area (Å²) >= 11 is 1.92. The molecule has 1 heterocycles. The Labute approximate surface area is 132 Å². The lowest BCUT2D eigenvalue weighted by molar-refractivity contribution is 0.415. The molecular formula is C18H27NOS. The zero-order valence-corrected chi connectivity index (χ0v) is 14.6. The van der Waals surface area contributed by atoms with Gasteiger partial charge in [-0.2, -0.15) is 0 Å². The van der Waals surface area contributed by atoms with Crippen LogP contribution in [0, 0.1) is 11.8 Å². The Morgan fingerprint density at radius 2 is 1.90 bits per heavy atom. The van der Waals surface area contributed by atoms with E-state index < -0.39 is 0 Å². The first-order valence-corrected chi connectivity index (χ1v) is 8.62. The molecule has 0 spiro atoms. The summed E-state index contributed by atoms with van der Waals surface area (Å²) in [6.07, 6.45) is 1.13. The van der Waals surface area contributed by atoms with Gasteiger partial charge in [0.2, 0.25) is 0 Å². The molecule has 1 N–H and O–H groups in total. The maximum absolute atomic E-state index is 5.39. The molecule has 0 aliphatic carbocycles. The standard InChI is InChI=1S/C18H27NOS/c1-12(2)8-15-16-9-14(20-5)6-7-17(16)21-18(15)11-19-10-13(3)4/h6-7,9,12-13,19H,8,10-11H2,1-5H3. The molecule has 0 aliphatic rings. The minimum Gasteiger partial charge on any atom is -0.497 e. The van der Waals surface area contributed by atoms with Crippen LogP contribution in [0.3, 0.4) is 0 Å². The van der Waals surface area contributed by atoms with Crippen molar-refractivity contribution in [2.75, 3.05) is 13.7 Å². The molecular weight excluding hydrogens is 278 g/mol. The maximum Gasteiger partial charge on any atom is 0.119 e. The average molecular weight is 305 g/mol. The summed E-state index contributed by atoms with van der Waals surface area (Å²) in [7, 11) is 1.74. The minimum atomic E-state index is 0.665. The number of hydrogen-bond donors (Lipinski definition) is 1. The molecule has 0 fully saturated rings. The normalized spacial score (nSPS) is 11.8. The largest absolute Gasteiger partial charge is 0.497 e. The second-order valence-corrected chi connectivity index (χ2v) is 7.63. The SMILES string of the molecule is COc1ccc2sc(CNCC(C)C)c(CC(C)C)c2c1. The molecule has 0 unspecified atom stereocenters. The van der Waals surface area contributed by atoms with Gasteiger partial charge < -0.3 is 10.1 Å². The van der Waals surface area contributed by atoms with Crippen LogP contribution in [-0.4, -0.2) is 13.7 Å². The van der Waals surface area contributed by atoms with Crippen LogP contribution in [0.4, 0.5) is 0 Å². The highest BCUT2D eigenvalue weighted by Gasteiger charge is 2.14. The molecule has 1 aromatic heterocycles. The maximum atomic E-state index is 5.39. The molecule has 0 aliphatic heterocycles. The van der Waals surface area contributed by atoms with E-state index in [1.54, 1.807) is 7.11 Å². The third kappa shape index (κ3) is 4.21. The molecule has 0 saturated carbocycles. The average Bonchev–Trinajstić information content (AvgIpc) is 2.75. The molecule has 0 atom stereocenters. The Morgan fingerprint density at radius 1 is 1.14 bits per heavy atom. The summed E-state index contributed by atoms with van der Waals surface area (Å²) in [5, 5.41) is 4.95. The van der Waals surface area contributed by atoms with Gasteiger partial charge in [-0.25, -0.2) is 0 Å². The molecule has 2 rings (SSSR count). The molecule has 21 heavy (non-hydrogen) atoms. The quantitative estimate of drug-likeness (QED) is 0.789. The van der Waals surface area contributed by atoms with Gasteiger partial charge in [0.25, 0.3) is 0 Å². The lowest BCUT2D eigenvalue weighted by atomic mass is 9.99. The smallest absolute Gasteiger partial charge is 0.119 e. The number of methoxy groups -OCH3 is 1. The van der Waals surface area contributed by atoms with Gasteiger partial charge in [-0.15, -0.1) is 11.3 Å². The summed E-state index contributed by atoms with van der Waals surface area (Å²) < 4.78 is 6.76. The number of benzene rings is 1. The summed E-state index contributed by atoms with van der Waals surface area (Å²) in [5.74, 6) is 2.30. The molecule has 3 heteroatoms. The lowest BCUT2D eigenvalue weighted by Crippen LogP contribution is -2.19. The van der Waals surface area contributed by atoms with E-state index in [9.17, 15) is 0 Å². The molecule has 0 amide bonds. The van der Waals surface area contributed by atoms with Crippen molar-refractivity contribution in [3.63, 3.8) is 0 Å². The van der Waals surface area contributed by atoms with Crippen LogP contribution in [0.15, 0.2) is 18.2 Å². The van der Waals surface area contributed by atoms with Crippen LogP contribution in [0.25, 0.3) is 10.1 Å². The number of rotatable bonds is 7. The van der Waals surface area contributed by atoms with Gasteiger partial charge in [-0.1, -0.05) is 27.7 Å². The van der Waals surface area contributed by atoms with Crippen LogP contribution in [0.1, 0.15) is 38.1 Å². The van der Waals surface area contributed by atoms with Crippen LogP contribution in [0.2, 0.25) is 0 Å².